The van der Waals surface area contributed by atoms with E-state index in [9.17, 15) is 19.2 Å². The van der Waals surface area contributed by atoms with Crippen LogP contribution in [0.2, 0.25) is 0 Å². The predicted octanol–water partition coefficient (Wildman–Crippen LogP) is 6.22. The smallest absolute Gasteiger partial charge is 0.407 e. The lowest BCUT2D eigenvalue weighted by molar-refractivity contribution is -0.136. The van der Waals surface area contributed by atoms with Crippen molar-refractivity contribution in [1.82, 2.24) is 40.4 Å². The molecule has 6 rings (SSSR count). The summed E-state index contributed by atoms with van der Waals surface area (Å²) >= 11 is 0. The van der Waals surface area contributed by atoms with Gasteiger partial charge in [-0.3, -0.25) is 9.59 Å². The lowest BCUT2D eigenvalue weighted by atomic mass is 10.0. The van der Waals surface area contributed by atoms with Gasteiger partial charge in [-0.1, -0.05) is 76.2 Å². The number of rotatable bonds is 11. The third-order valence-electron chi connectivity index (χ3n) is 10.4. The number of imidazole rings is 2. The maximum atomic E-state index is 13.5. The highest BCUT2D eigenvalue weighted by Gasteiger charge is 2.39. The molecule has 2 saturated heterocycles. The number of carbonyl (C=O) groups is 4. The normalized spacial score (nSPS) is 18.1. The number of hydrogen-bond acceptors (Lipinski definition) is 8. The second kappa shape index (κ2) is 16.6. The van der Waals surface area contributed by atoms with Gasteiger partial charge in [-0.2, -0.15) is 0 Å². The van der Waals surface area contributed by atoms with Gasteiger partial charge in [0.1, 0.15) is 23.7 Å². The van der Waals surface area contributed by atoms with Gasteiger partial charge in [0.05, 0.1) is 50.1 Å². The summed E-state index contributed by atoms with van der Waals surface area (Å²) in [5.74, 6) is 0.955. The number of H-pyrrole nitrogens is 2. The van der Waals surface area contributed by atoms with Crippen LogP contribution in [0.4, 0.5) is 9.59 Å². The fourth-order valence-electron chi connectivity index (χ4n) is 7.38. The van der Waals surface area contributed by atoms with E-state index < -0.39 is 24.3 Å². The van der Waals surface area contributed by atoms with E-state index in [2.05, 4.69) is 54.8 Å². The number of aromatic amines is 2. The van der Waals surface area contributed by atoms with Crippen LogP contribution in [0.1, 0.15) is 77.1 Å². The molecule has 4 aromatic rings. The number of nitrogens with one attached hydrogen (secondary N) is 4. The maximum absolute atomic E-state index is 13.5. The van der Waals surface area contributed by atoms with Gasteiger partial charge in [-0.15, -0.1) is 0 Å². The first-order valence-electron chi connectivity index (χ1n) is 18.6. The minimum atomic E-state index is -0.687. The highest BCUT2D eigenvalue weighted by molar-refractivity contribution is 5.87. The molecular formula is C40H50N8O6. The Kier molecular flexibility index (Phi) is 11.7. The Morgan fingerprint density at radius 3 is 1.31 bits per heavy atom. The van der Waals surface area contributed by atoms with Gasteiger partial charge in [0, 0.05) is 13.1 Å². The van der Waals surface area contributed by atoms with E-state index in [0.29, 0.717) is 13.1 Å². The summed E-state index contributed by atoms with van der Waals surface area (Å²) in [5.41, 5.74) is 5.78. The molecule has 4 amide bonds. The second-order valence-corrected chi connectivity index (χ2v) is 14.6. The van der Waals surface area contributed by atoms with Crippen LogP contribution in [0.15, 0.2) is 60.9 Å². The zero-order valence-electron chi connectivity index (χ0n) is 31.7. The number of likely N-dealkylation sites (tertiary alicyclic amines) is 2. The fourth-order valence-corrected chi connectivity index (χ4v) is 7.38. The van der Waals surface area contributed by atoms with Crippen molar-refractivity contribution in [3.63, 3.8) is 0 Å². The van der Waals surface area contributed by atoms with Gasteiger partial charge >= 0.3 is 12.2 Å². The van der Waals surface area contributed by atoms with Crippen molar-refractivity contribution >= 4 is 24.0 Å². The summed E-state index contributed by atoms with van der Waals surface area (Å²) in [6.07, 6.45) is 5.61. The first-order chi connectivity index (χ1) is 26.0. The molecule has 54 heavy (non-hydrogen) atoms. The number of ether oxygens (including phenoxy) is 2. The van der Waals surface area contributed by atoms with Gasteiger partial charge < -0.3 is 39.9 Å². The highest BCUT2D eigenvalue weighted by atomic mass is 16.5. The van der Waals surface area contributed by atoms with Gasteiger partial charge in [0.25, 0.3) is 0 Å². The fraction of sp³-hybridized carbons (Fsp3) is 0.450. The molecule has 0 spiro atoms. The Morgan fingerprint density at radius 1 is 0.630 bits per heavy atom. The second-order valence-electron chi connectivity index (χ2n) is 14.6. The molecule has 0 aliphatic carbocycles. The van der Waals surface area contributed by atoms with Crippen molar-refractivity contribution in [1.29, 1.82) is 0 Å². The van der Waals surface area contributed by atoms with Crippen LogP contribution in [-0.2, 0) is 19.1 Å². The molecule has 286 valence electrons. The maximum Gasteiger partial charge on any atom is 0.407 e. The Hall–Kier alpha value is -5.66. The Balaban J connectivity index is 1.11. The van der Waals surface area contributed by atoms with Crippen LogP contribution in [-0.4, -0.2) is 93.1 Å². The van der Waals surface area contributed by atoms with E-state index in [0.717, 1.165) is 71.0 Å². The average Bonchev–Trinajstić information content (AvgIpc) is 4.02. The molecule has 0 radical (unpaired) electrons. The minimum absolute atomic E-state index is 0.104. The lowest BCUT2D eigenvalue weighted by Crippen LogP contribution is -2.51. The summed E-state index contributed by atoms with van der Waals surface area (Å²) in [5, 5.41) is 5.38. The molecule has 4 N–H and O–H groups in total. The topological polar surface area (TPSA) is 175 Å². The highest BCUT2D eigenvalue weighted by Crippen LogP contribution is 2.35. The van der Waals surface area contributed by atoms with Gasteiger partial charge in [0.15, 0.2) is 0 Å². The van der Waals surface area contributed by atoms with Gasteiger partial charge in [0.2, 0.25) is 11.8 Å². The van der Waals surface area contributed by atoms with Crippen LogP contribution >= 0.6 is 0 Å². The zero-order valence-corrected chi connectivity index (χ0v) is 31.7. The minimum Gasteiger partial charge on any atom is -0.453 e. The number of hydrogen-bond donors (Lipinski definition) is 4. The zero-order chi connectivity index (χ0) is 38.5. The molecule has 0 unspecified atom stereocenters. The molecule has 0 bridgehead atoms. The molecule has 2 aliphatic rings. The quantitative estimate of drug-likeness (QED) is 0.140. The van der Waals surface area contributed by atoms with E-state index in [4.69, 9.17) is 9.47 Å². The van der Waals surface area contributed by atoms with Crippen LogP contribution in [0.3, 0.4) is 0 Å². The van der Waals surface area contributed by atoms with Crippen LogP contribution < -0.4 is 10.6 Å². The molecule has 0 saturated carbocycles. The summed E-state index contributed by atoms with van der Waals surface area (Å²) in [7, 11) is 2.58. The summed E-state index contributed by atoms with van der Waals surface area (Å²) in [6.45, 7) is 8.78. The van der Waals surface area contributed by atoms with Crippen molar-refractivity contribution in [3.8, 4) is 33.6 Å². The Labute approximate surface area is 315 Å². The van der Waals surface area contributed by atoms with Gasteiger partial charge in [-0.25, -0.2) is 19.6 Å². The van der Waals surface area contributed by atoms with Gasteiger partial charge in [-0.05, 0) is 59.8 Å². The predicted molar refractivity (Wildman–Crippen MR) is 203 cm³/mol. The van der Waals surface area contributed by atoms with E-state index in [-0.39, 0.29) is 35.7 Å². The summed E-state index contributed by atoms with van der Waals surface area (Å²) in [4.78, 5) is 70.7. The molecule has 14 nitrogen and oxygen atoms in total. The van der Waals surface area contributed by atoms with Crippen molar-refractivity contribution < 1.29 is 28.7 Å². The number of benzene rings is 2. The number of nitrogens with zero attached hydrogens (tertiary/aromatic N) is 4. The van der Waals surface area contributed by atoms with Crippen LogP contribution in [0.25, 0.3) is 33.6 Å². The molecule has 14 heteroatoms. The monoisotopic (exact) mass is 738 g/mol. The van der Waals surface area contributed by atoms with Crippen LogP contribution in [0, 0.1) is 11.8 Å². The Morgan fingerprint density at radius 2 is 0.981 bits per heavy atom. The van der Waals surface area contributed by atoms with E-state index in [1.807, 2.05) is 52.0 Å². The molecular weight excluding hydrogens is 688 g/mol. The number of aromatic nitrogens is 4. The van der Waals surface area contributed by atoms with E-state index in [1.165, 1.54) is 14.2 Å². The average molecular weight is 739 g/mol. The summed E-state index contributed by atoms with van der Waals surface area (Å²) < 4.78 is 9.50. The molecule has 2 fully saturated rings. The lowest BCUT2D eigenvalue weighted by Gasteiger charge is -2.30. The standard InChI is InChI=1S/C40H50N8O6/c1-23(2)33(45-39(51)53-5)37(49)47-19-7-9-31(47)35-41-21-29(43-35)27-15-11-25(12-16-27)26-13-17-28(18-14-26)30-22-42-36(44-30)32-10-8-20-48(32)38(50)34(24(3)4)46-40(52)54-6/h11-18,21-24,31-34H,7-10,19-20H2,1-6H3,(H,41,43)(H,42,44)(H,45,51)(H,46,52)/t31-,32-,33+,34+/m0/s1. The first-order valence-corrected chi connectivity index (χ1v) is 18.6. The Bertz CT molecular complexity index is 1800. The third-order valence-corrected chi connectivity index (χ3v) is 10.4. The number of amides is 4. The van der Waals surface area contributed by atoms with E-state index >= 15 is 0 Å². The van der Waals surface area contributed by atoms with Crippen molar-refractivity contribution in [3.05, 3.63) is 72.6 Å². The number of methoxy groups -OCH3 is 2. The molecule has 2 aliphatic heterocycles. The number of alkyl carbamates (subject to hydrolysis) is 2. The summed E-state index contributed by atoms with van der Waals surface area (Å²) in [6, 6.07) is 14.7. The molecule has 4 heterocycles. The van der Waals surface area contributed by atoms with Crippen molar-refractivity contribution in [2.24, 2.45) is 11.8 Å². The molecule has 2 aromatic heterocycles. The number of carbonyl (C=O) groups excluding carboxylic acids is 4. The molecule has 4 atom stereocenters. The van der Waals surface area contributed by atoms with Crippen molar-refractivity contribution in [2.75, 3.05) is 27.3 Å². The SMILES string of the molecule is COC(=O)N[C@@H](C(=O)N1CCC[C@H]1c1ncc(-c2ccc(-c3ccc(-c4cnc([C@@H]5CCCN5C(=O)[C@H](NC(=O)OC)C(C)C)[nH]4)cc3)cc2)[nH]1)C(C)C. The third kappa shape index (κ3) is 8.12. The van der Waals surface area contributed by atoms with E-state index in [1.54, 1.807) is 22.2 Å². The first kappa shape index (κ1) is 38.1. The molecule has 2 aromatic carbocycles. The largest absolute Gasteiger partial charge is 0.453 e. The van der Waals surface area contributed by atoms with Crippen molar-refractivity contribution in [2.45, 2.75) is 77.5 Å². The van der Waals surface area contributed by atoms with Crippen LogP contribution in [0.5, 0.6) is 0 Å².